The van der Waals surface area contributed by atoms with Crippen LogP contribution in [0.3, 0.4) is 0 Å². The molecule has 0 aliphatic rings. The zero-order valence-corrected chi connectivity index (χ0v) is 17.1. The molecule has 4 rings (SSSR count). The number of benzene rings is 3. The lowest BCUT2D eigenvalue weighted by Gasteiger charge is -2.18. The van der Waals surface area contributed by atoms with Crippen LogP contribution in [0.25, 0.3) is 10.8 Å². The number of anilines is 1. The molecule has 3 aromatic carbocycles. The molecule has 0 saturated carbocycles. The molecule has 31 heavy (non-hydrogen) atoms. The molecule has 0 aliphatic heterocycles. The molecule has 0 bridgehead atoms. The highest BCUT2D eigenvalue weighted by Crippen LogP contribution is 2.35. The largest absolute Gasteiger partial charge is 0.465 e. The molecule has 0 aliphatic carbocycles. The normalized spacial score (nSPS) is 11.7. The van der Waals surface area contributed by atoms with Crippen molar-refractivity contribution in [2.24, 2.45) is 0 Å². The van der Waals surface area contributed by atoms with Gasteiger partial charge in [-0.2, -0.15) is 0 Å². The maximum atomic E-state index is 13.2. The van der Waals surface area contributed by atoms with E-state index in [-0.39, 0.29) is 17.8 Å². The van der Waals surface area contributed by atoms with E-state index in [1.54, 1.807) is 30.5 Å². The van der Waals surface area contributed by atoms with Crippen molar-refractivity contribution in [3.8, 4) is 11.5 Å². The summed E-state index contributed by atoms with van der Waals surface area (Å²) in [5, 5.41) is 5.22. The molecule has 156 valence electrons. The van der Waals surface area contributed by atoms with Gasteiger partial charge in [-0.25, -0.2) is 14.2 Å². The number of esters is 1. The van der Waals surface area contributed by atoms with Gasteiger partial charge in [-0.15, -0.1) is 0 Å². The number of nitrogens with zero attached hydrogens (tertiary/aromatic N) is 1. The molecule has 1 N–H and O–H groups in total. The van der Waals surface area contributed by atoms with Crippen molar-refractivity contribution in [2.75, 3.05) is 12.4 Å². The first-order chi connectivity index (χ1) is 15.0. The number of rotatable bonds is 6. The average molecular weight is 416 g/mol. The van der Waals surface area contributed by atoms with Gasteiger partial charge < -0.3 is 14.8 Å². The van der Waals surface area contributed by atoms with Crippen molar-refractivity contribution in [3.05, 3.63) is 95.9 Å². The molecule has 1 heterocycles. The van der Waals surface area contributed by atoms with Crippen LogP contribution in [0.2, 0.25) is 0 Å². The van der Waals surface area contributed by atoms with Crippen LogP contribution in [0.1, 0.15) is 28.9 Å². The van der Waals surface area contributed by atoms with Gasteiger partial charge in [-0.1, -0.05) is 24.3 Å². The van der Waals surface area contributed by atoms with Gasteiger partial charge in [0.1, 0.15) is 23.1 Å². The first kappa shape index (κ1) is 20.3. The van der Waals surface area contributed by atoms with Crippen LogP contribution in [0.4, 0.5) is 10.2 Å². The maximum absolute atomic E-state index is 13.2. The second-order valence-electron chi connectivity index (χ2n) is 7.05. The average Bonchev–Trinajstić information content (AvgIpc) is 2.80. The summed E-state index contributed by atoms with van der Waals surface area (Å²) in [6, 6.07) is 20.7. The summed E-state index contributed by atoms with van der Waals surface area (Å²) < 4.78 is 24.0. The van der Waals surface area contributed by atoms with Crippen LogP contribution in [0, 0.1) is 5.82 Å². The molecule has 1 aromatic heterocycles. The molecule has 0 radical (unpaired) electrons. The van der Waals surface area contributed by atoms with E-state index in [4.69, 9.17) is 9.47 Å². The zero-order valence-electron chi connectivity index (χ0n) is 17.1. The van der Waals surface area contributed by atoms with Crippen molar-refractivity contribution in [1.82, 2.24) is 4.98 Å². The number of aromatic nitrogens is 1. The molecule has 4 aromatic rings. The number of nitrogens with one attached hydrogen (secondary N) is 1. The summed E-state index contributed by atoms with van der Waals surface area (Å²) in [5.41, 5.74) is 1.49. The molecular formula is C25H21FN2O3. The number of methoxy groups -OCH3 is 1. The minimum absolute atomic E-state index is 0.0799. The number of carbonyl (C=O) groups excluding carboxylic acids is 1. The number of hydrogen-bond donors (Lipinski definition) is 1. The van der Waals surface area contributed by atoms with Crippen LogP contribution in [-0.2, 0) is 4.74 Å². The Kier molecular flexibility index (Phi) is 5.80. The number of carbonyl (C=O) groups is 1. The maximum Gasteiger partial charge on any atom is 0.337 e. The Bertz CT molecular complexity index is 1200. The van der Waals surface area contributed by atoms with Crippen LogP contribution in [0.5, 0.6) is 11.5 Å². The molecule has 0 saturated heterocycles. The number of ether oxygens (including phenoxy) is 2. The summed E-state index contributed by atoms with van der Waals surface area (Å²) >= 11 is 0. The van der Waals surface area contributed by atoms with Crippen LogP contribution < -0.4 is 10.1 Å². The highest BCUT2D eigenvalue weighted by molar-refractivity contribution is 5.97. The number of halogens is 1. The van der Waals surface area contributed by atoms with Crippen molar-refractivity contribution in [2.45, 2.75) is 13.0 Å². The fourth-order valence-electron chi connectivity index (χ4n) is 3.34. The zero-order chi connectivity index (χ0) is 21.8. The van der Waals surface area contributed by atoms with Crippen LogP contribution in [-0.4, -0.2) is 18.1 Å². The van der Waals surface area contributed by atoms with Crippen molar-refractivity contribution >= 4 is 22.6 Å². The minimum Gasteiger partial charge on any atom is -0.465 e. The quantitative estimate of drug-likeness (QED) is 0.383. The molecule has 0 spiro atoms. The summed E-state index contributed by atoms with van der Waals surface area (Å²) in [6.07, 6.45) is 1.74. The second kappa shape index (κ2) is 8.83. The topological polar surface area (TPSA) is 60.5 Å². The Morgan fingerprint density at radius 2 is 1.74 bits per heavy atom. The smallest absolute Gasteiger partial charge is 0.337 e. The van der Waals surface area contributed by atoms with E-state index in [0.717, 1.165) is 16.3 Å². The number of pyridine rings is 1. The van der Waals surface area contributed by atoms with Crippen LogP contribution in [0.15, 0.2) is 79.0 Å². The first-order valence-corrected chi connectivity index (χ1v) is 9.81. The Morgan fingerprint density at radius 1 is 1.00 bits per heavy atom. The van der Waals surface area contributed by atoms with Crippen molar-refractivity contribution < 1.29 is 18.7 Å². The van der Waals surface area contributed by atoms with Gasteiger partial charge >= 0.3 is 5.97 Å². The minimum atomic E-state index is -0.370. The lowest BCUT2D eigenvalue weighted by molar-refractivity contribution is 0.0600. The van der Waals surface area contributed by atoms with E-state index in [2.05, 4.69) is 10.3 Å². The van der Waals surface area contributed by atoms with Gasteiger partial charge in [-0.05, 0) is 66.4 Å². The summed E-state index contributed by atoms with van der Waals surface area (Å²) in [5.74, 6) is 1.13. The summed E-state index contributed by atoms with van der Waals surface area (Å²) in [7, 11) is 1.36. The van der Waals surface area contributed by atoms with Gasteiger partial charge in [0, 0.05) is 12.2 Å². The predicted molar refractivity (Wildman–Crippen MR) is 118 cm³/mol. The Balaban J connectivity index is 1.64. The second-order valence-corrected chi connectivity index (χ2v) is 7.05. The monoisotopic (exact) mass is 416 g/mol. The van der Waals surface area contributed by atoms with Gasteiger partial charge in [0.05, 0.1) is 18.1 Å². The molecule has 1 atom stereocenters. The standard InChI is InChI=1S/C25H21FN2O3/c1-16(17-6-8-19(9-7-17)25(29)30-2)28-24-23-18(14-15-27-24)4-3-5-22(23)31-21-12-10-20(26)11-13-21/h3-16H,1-2H3,(H,27,28)/t16-/m1/s1. The first-order valence-electron chi connectivity index (χ1n) is 9.81. The highest BCUT2D eigenvalue weighted by Gasteiger charge is 2.14. The Labute approximate surface area is 179 Å². The van der Waals surface area contributed by atoms with Crippen molar-refractivity contribution in [3.63, 3.8) is 0 Å². The molecule has 0 unspecified atom stereocenters. The number of fused-ring (bicyclic) bond motifs is 1. The molecular weight excluding hydrogens is 395 g/mol. The fraction of sp³-hybridized carbons (Fsp3) is 0.120. The summed E-state index contributed by atoms with van der Waals surface area (Å²) in [6.45, 7) is 2.01. The molecule has 0 fully saturated rings. The Hall–Kier alpha value is -3.93. The van der Waals surface area contributed by atoms with E-state index in [0.29, 0.717) is 22.9 Å². The summed E-state index contributed by atoms with van der Waals surface area (Å²) in [4.78, 5) is 16.2. The van der Waals surface area contributed by atoms with Crippen LogP contribution >= 0.6 is 0 Å². The third-order valence-electron chi connectivity index (χ3n) is 4.98. The fourth-order valence-corrected chi connectivity index (χ4v) is 3.34. The Morgan fingerprint density at radius 3 is 2.45 bits per heavy atom. The highest BCUT2D eigenvalue weighted by atomic mass is 19.1. The SMILES string of the molecule is COC(=O)c1ccc([C@@H](C)Nc2nccc3cccc(Oc4ccc(F)cc4)c23)cc1. The lowest BCUT2D eigenvalue weighted by atomic mass is 10.1. The lowest BCUT2D eigenvalue weighted by Crippen LogP contribution is -2.09. The molecule has 0 amide bonds. The van der Waals surface area contributed by atoms with E-state index >= 15 is 0 Å². The van der Waals surface area contributed by atoms with E-state index in [1.807, 2.05) is 43.3 Å². The molecule has 6 heteroatoms. The third-order valence-corrected chi connectivity index (χ3v) is 4.98. The van der Waals surface area contributed by atoms with E-state index in [9.17, 15) is 9.18 Å². The van der Waals surface area contributed by atoms with E-state index < -0.39 is 0 Å². The predicted octanol–water partition coefficient (Wildman–Crippen LogP) is 6.13. The van der Waals surface area contributed by atoms with Gasteiger partial charge in [0.15, 0.2) is 0 Å². The third kappa shape index (κ3) is 4.48. The van der Waals surface area contributed by atoms with Crippen molar-refractivity contribution in [1.29, 1.82) is 0 Å². The van der Waals surface area contributed by atoms with E-state index in [1.165, 1.54) is 19.2 Å². The van der Waals surface area contributed by atoms with Gasteiger partial charge in [-0.3, -0.25) is 0 Å². The van der Waals surface area contributed by atoms with Gasteiger partial charge in [0.25, 0.3) is 0 Å². The van der Waals surface area contributed by atoms with Gasteiger partial charge in [0.2, 0.25) is 0 Å². The molecule has 5 nitrogen and oxygen atoms in total. The number of hydrogen-bond acceptors (Lipinski definition) is 5.